The molecule has 0 aromatic rings. The van der Waals surface area contributed by atoms with Crippen LogP contribution in [-0.4, -0.2) is 37.1 Å². The topological polar surface area (TPSA) is 15.3 Å². The van der Waals surface area contributed by atoms with Gasteiger partial charge < -0.3 is 10.2 Å². The molecule has 0 spiro atoms. The molecule has 0 aliphatic carbocycles. The van der Waals surface area contributed by atoms with Gasteiger partial charge in [0, 0.05) is 12.6 Å². The van der Waals surface area contributed by atoms with Gasteiger partial charge in [-0.3, -0.25) is 0 Å². The maximum absolute atomic E-state index is 3.66. The quantitative estimate of drug-likeness (QED) is 0.790. The molecule has 2 heteroatoms. The van der Waals surface area contributed by atoms with E-state index in [1.165, 1.54) is 71.1 Å². The Bertz CT molecular complexity index is 187. The van der Waals surface area contributed by atoms with Gasteiger partial charge in [-0.15, -0.1) is 0 Å². The summed E-state index contributed by atoms with van der Waals surface area (Å²) in [6.45, 7) is 7.64. The molecule has 0 amide bonds. The summed E-state index contributed by atoms with van der Waals surface area (Å²) >= 11 is 0. The van der Waals surface area contributed by atoms with Crippen LogP contribution >= 0.6 is 0 Å². The van der Waals surface area contributed by atoms with E-state index < -0.39 is 0 Å². The van der Waals surface area contributed by atoms with Crippen LogP contribution in [0.3, 0.4) is 0 Å². The van der Waals surface area contributed by atoms with E-state index in [9.17, 15) is 0 Å². The minimum atomic E-state index is 0.816. The Morgan fingerprint density at radius 1 is 1.19 bits per heavy atom. The van der Waals surface area contributed by atoms with E-state index in [2.05, 4.69) is 17.1 Å². The van der Waals surface area contributed by atoms with Crippen molar-refractivity contribution in [2.45, 2.75) is 57.9 Å². The number of rotatable bonds is 4. The Morgan fingerprint density at radius 2 is 2.12 bits per heavy atom. The standard InChI is InChI=1S/C14H28N2/c1-2-13-6-5-10-16(12-13)11-8-14-7-3-4-9-15-14/h13-15H,2-12H2,1H3. The van der Waals surface area contributed by atoms with Crippen LogP contribution in [0, 0.1) is 5.92 Å². The van der Waals surface area contributed by atoms with E-state index >= 15 is 0 Å². The minimum absolute atomic E-state index is 0.816. The van der Waals surface area contributed by atoms with Crippen molar-refractivity contribution in [1.29, 1.82) is 0 Å². The number of nitrogens with zero attached hydrogens (tertiary/aromatic N) is 1. The largest absolute Gasteiger partial charge is 0.314 e. The molecule has 2 fully saturated rings. The van der Waals surface area contributed by atoms with Crippen LogP contribution in [0.5, 0.6) is 0 Å². The molecule has 0 saturated carbocycles. The Kier molecular flexibility index (Phi) is 5.11. The number of hydrogen-bond acceptors (Lipinski definition) is 2. The molecule has 16 heavy (non-hydrogen) atoms. The average molecular weight is 224 g/mol. The first-order chi connectivity index (χ1) is 7.88. The second kappa shape index (κ2) is 6.61. The molecular formula is C14H28N2. The third-order valence-electron chi connectivity index (χ3n) is 4.39. The predicted molar refractivity (Wildman–Crippen MR) is 69.7 cm³/mol. The molecule has 0 aromatic heterocycles. The fourth-order valence-corrected chi connectivity index (χ4v) is 3.20. The summed E-state index contributed by atoms with van der Waals surface area (Å²) in [5, 5.41) is 3.66. The van der Waals surface area contributed by atoms with Crippen LogP contribution in [-0.2, 0) is 0 Å². The first kappa shape index (κ1) is 12.4. The van der Waals surface area contributed by atoms with E-state index in [1.54, 1.807) is 0 Å². The highest BCUT2D eigenvalue weighted by Gasteiger charge is 2.19. The lowest BCUT2D eigenvalue weighted by Gasteiger charge is -2.34. The van der Waals surface area contributed by atoms with Crippen LogP contribution in [0.4, 0.5) is 0 Å². The van der Waals surface area contributed by atoms with Crippen molar-refractivity contribution in [3.05, 3.63) is 0 Å². The van der Waals surface area contributed by atoms with Crippen molar-refractivity contribution in [3.8, 4) is 0 Å². The van der Waals surface area contributed by atoms with Crippen LogP contribution in [0.1, 0.15) is 51.9 Å². The van der Waals surface area contributed by atoms with Gasteiger partial charge in [-0.05, 0) is 57.7 Å². The van der Waals surface area contributed by atoms with Gasteiger partial charge >= 0.3 is 0 Å². The van der Waals surface area contributed by atoms with Gasteiger partial charge in [0.15, 0.2) is 0 Å². The first-order valence-electron chi connectivity index (χ1n) is 7.34. The summed E-state index contributed by atoms with van der Waals surface area (Å²) in [6.07, 6.45) is 9.87. The van der Waals surface area contributed by atoms with Crippen molar-refractivity contribution in [3.63, 3.8) is 0 Å². The van der Waals surface area contributed by atoms with Gasteiger partial charge in [0.2, 0.25) is 0 Å². The Hall–Kier alpha value is -0.0800. The van der Waals surface area contributed by atoms with Crippen LogP contribution in [0.15, 0.2) is 0 Å². The molecule has 0 aromatic carbocycles. The number of hydrogen-bond donors (Lipinski definition) is 1. The summed E-state index contributed by atoms with van der Waals surface area (Å²) < 4.78 is 0. The highest BCUT2D eigenvalue weighted by Crippen LogP contribution is 2.20. The maximum atomic E-state index is 3.66. The summed E-state index contributed by atoms with van der Waals surface area (Å²) in [5.41, 5.74) is 0. The minimum Gasteiger partial charge on any atom is -0.314 e. The molecule has 0 bridgehead atoms. The van der Waals surface area contributed by atoms with E-state index in [4.69, 9.17) is 0 Å². The van der Waals surface area contributed by atoms with Crippen molar-refractivity contribution < 1.29 is 0 Å². The van der Waals surface area contributed by atoms with E-state index in [0.29, 0.717) is 0 Å². The van der Waals surface area contributed by atoms with Gasteiger partial charge in [-0.25, -0.2) is 0 Å². The maximum Gasteiger partial charge on any atom is 0.00792 e. The molecule has 2 heterocycles. The second-order valence-electron chi connectivity index (χ2n) is 5.65. The van der Waals surface area contributed by atoms with E-state index in [-0.39, 0.29) is 0 Å². The van der Waals surface area contributed by atoms with Crippen LogP contribution < -0.4 is 5.32 Å². The van der Waals surface area contributed by atoms with Gasteiger partial charge in [-0.1, -0.05) is 19.8 Å². The van der Waals surface area contributed by atoms with Crippen molar-refractivity contribution in [1.82, 2.24) is 10.2 Å². The Morgan fingerprint density at radius 3 is 2.88 bits per heavy atom. The van der Waals surface area contributed by atoms with Gasteiger partial charge in [0.25, 0.3) is 0 Å². The summed E-state index contributed by atoms with van der Waals surface area (Å²) in [5.74, 6) is 0.980. The molecule has 2 unspecified atom stereocenters. The molecule has 2 rings (SSSR count). The Balaban J connectivity index is 1.64. The molecule has 94 valence electrons. The van der Waals surface area contributed by atoms with Crippen molar-refractivity contribution >= 4 is 0 Å². The molecule has 2 saturated heterocycles. The third kappa shape index (κ3) is 3.74. The first-order valence-corrected chi connectivity index (χ1v) is 7.34. The lowest BCUT2D eigenvalue weighted by atomic mass is 9.95. The number of likely N-dealkylation sites (tertiary alicyclic amines) is 1. The van der Waals surface area contributed by atoms with Crippen molar-refractivity contribution in [2.75, 3.05) is 26.2 Å². The summed E-state index contributed by atoms with van der Waals surface area (Å²) in [6, 6.07) is 0.816. The molecular weight excluding hydrogens is 196 g/mol. The predicted octanol–water partition coefficient (Wildman–Crippen LogP) is 2.64. The van der Waals surface area contributed by atoms with E-state index in [1.807, 2.05) is 0 Å². The molecule has 1 N–H and O–H groups in total. The van der Waals surface area contributed by atoms with Gasteiger partial charge in [-0.2, -0.15) is 0 Å². The fourth-order valence-electron chi connectivity index (χ4n) is 3.20. The lowest BCUT2D eigenvalue weighted by molar-refractivity contribution is 0.162. The molecule has 2 aliphatic heterocycles. The highest BCUT2D eigenvalue weighted by atomic mass is 15.1. The van der Waals surface area contributed by atoms with Crippen molar-refractivity contribution in [2.24, 2.45) is 5.92 Å². The molecule has 0 radical (unpaired) electrons. The van der Waals surface area contributed by atoms with Crippen LogP contribution in [0.2, 0.25) is 0 Å². The number of piperidine rings is 2. The third-order valence-corrected chi connectivity index (χ3v) is 4.39. The smallest absolute Gasteiger partial charge is 0.00792 e. The summed E-state index contributed by atoms with van der Waals surface area (Å²) in [4.78, 5) is 2.70. The normalized spacial score (nSPS) is 32.8. The highest BCUT2D eigenvalue weighted by molar-refractivity contribution is 4.76. The average Bonchev–Trinajstić information content (AvgIpc) is 2.38. The number of nitrogens with one attached hydrogen (secondary N) is 1. The zero-order valence-electron chi connectivity index (χ0n) is 10.9. The van der Waals surface area contributed by atoms with Crippen LogP contribution in [0.25, 0.3) is 0 Å². The fraction of sp³-hybridized carbons (Fsp3) is 1.00. The summed E-state index contributed by atoms with van der Waals surface area (Å²) in [7, 11) is 0. The Labute approximate surface area is 101 Å². The zero-order valence-corrected chi connectivity index (χ0v) is 10.9. The second-order valence-corrected chi connectivity index (χ2v) is 5.65. The lowest BCUT2D eigenvalue weighted by Crippen LogP contribution is -2.40. The SMILES string of the molecule is CCC1CCCN(CCC2CCCCN2)C1. The zero-order chi connectivity index (χ0) is 11.2. The van der Waals surface area contributed by atoms with E-state index in [0.717, 1.165) is 12.0 Å². The van der Waals surface area contributed by atoms with Gasteiger partial charge in [0.05, 0.1) is 0 Å². The molecule has 2 aliphatic rings. The van der Waals surface area contributed by atoms with Gasteiger partial charge in [0.1, 0.15) is 0 Å². The molecule has 2 atom stereocenters. The molecule has 2 nitrogen and oxygen atoms in total. The monoisotopic (exact) mass is 224 g/mol.